The fourth-order valence-corrected chi connectivity index (χ4v) is 10.8. The van der Waals surface area contributed by atoms with Gasteiger partial charge in [-0.3, -0.25) is 0 Å². The van der Waals surface area contributed by atoms with Crippen LogP contribution in [-0.4, -0.2) is 0 Å². The zero-order valence-corrected chi connectivity index (χ0v) is 34.0. The molecule has 0 amide bonds. The van der Waals surface area contributed by atoms with Crippen LogP contribution in [0.4, 0.5) is 17.1 Å². The van der Waals surface area contributed by atoms with Crippen molar-refractivity contribution in [1.29, 1.82) is 0 Å². The number of nitrogens with zero attached hydrogens (tertiary/aromatic N) is 1. The molecule has 0 N–H and O–H groups in total. The molecule has 0 heterocycles. The van der Waals surface area contributed by atoms with Crippen LogP contribution in [0.5, 0.6) is 0 Å². The number of para-hydroxylation sites is 1. The van der Waals surface area contributed by atoms with Crippen molar-refractivity contribution in [1.82, 2.24) is 0 Å². The summed E-state index contributed by atoms with van der Waals surface area (Å²) in [6, 6.07) is 70.2. The van der Waals surface area contributed by atoms with Crippen LogP contribution in [0.1, 0.15) is 61.1 Å². The minimum atomic E-state index is -0.477. The van der Waals surface area contributed by atoms with Gasteiger partial charge in [-0.2, -0.15) is 0 Å². The standard InChI is InChI=1S/C58H45N/c1-5-19-48-38(2)43-24-12-16-28-50(43)58(48)51-35-32-41(39-20-8-6-9-21-39)36-47(51)56-52(58)29-18-31-55(56)59(54-30-17-14-25-44(54)40-22-10-7-11-23-40)42-33-34-46-45-26-13-15-27-49(45)57(3,4)53(46)37-42/h5-37H,1-4H3/b19-5-. The van der Waals surface area contributed by atoms with Gasteiger partial charge in [0, 0.05) is 22.2 Å². The average molecular weight is 756 g/mol. The van der Waals surface area contributed by atoms with Crippen LogP contribution in [0.2, 0.25) is 0 Å². The molecule has 1 unspecified atom stereocenters. The van der Waals surface area contributed by atoms with Crippen LogP contribution in [0.15, 0.2) is 206 Å². The summed E-state index contributed by atoms with van der Waals surface area (Å²) in [4.78, 5) is 2.56. The van der Waals surface area contributed by atoms with Crippen molar-refractivity contribution in [2.75, 3.05) is 4.90 Å². The maximum atomic E-state index is 2.56. The molecule has 59 heavy (non-hydrogen) atoms. The molecular formula is C58H45N. The highest BCUT2D eigenvalue weighted by Crippen LogP contribution is 2.65. The molecule has 1 nitrogen and oxygen atoms in total. The minimum absolute atomic E-state index is 0.149. The predicted molar refractivity (Wildman–Crippen MR) is 249 cm³/mol. The monoisotopic (exact) mass is 755 g/mol. The van der Waals surface area contributed by atoms with Gasteiger partial charge >= 0.3 is 0 Å². The summed E-state index contributed by atoms with van der Waals surface area (Å²) < 4.78 is 0. The van der Waals surface area contributed by atoms with E-state index in [-0.39, 0.29) is 5.41 Å². The molecule has 1 heteroatoms. The second-order valence-electron chi connectivity index (χ2n) is 16.8. The van der Waals surface area contributed by atoms with Crippen molar-refractivity contribution in [2.45, 2.75) is 38.5 Å². The number of hydrogen-bond donors (Lipinski definition) is 0. The van der Waals surface area contributed by atoms with Gasteiger partial charge in [-0.25, -0.2) is 0 Å². The molecule has 0 saturated carbocycles. The van der Waals surface area contributed by atoms with E-state index in [4.69, 9.17) is 0 Å². The van der Waals surface area contributed by atoms with E-state index in [0.717, 1.165) is 11.4 Å². The Labute approximate surface area is 348 Å². The number of fused-ring (bicyclic) bond motifs is 10. The lowest BCUT2D eigenvalue weighted by Crippen LogP contribution is -2.27. The fraction of sp³-hybridized carbons (Fsp3) is 0.103. The van der Waals surface area contributed by atoms with E-state index in [1.54, 1.807) is 0 Å². The van der Waals surface area contributed by atoms with Gasteiger partial charge < -0.3 is 4.90 Å². The maximum Gasteiger partial charge on any atom is 0.0722 e. The normalized spacial score (nSPS) is 16.5. The number of hydrogen-bond acceptors (Lipinski definition) is 1. The van der Waals surface area contributed by atoms with Crippen LogP contribution in [-0.2, 0) is 10.8 Å². The van der Waals surface area contributed by atoms with Crippen molar-refractivity contribution >= 4 is 22.6 Å². The van der Waals surface area contributed by atoms with E-state index in [1.165, 1.54) is 94.7 Å². The molecule has 8 aromatic carbocycles. The van der Waals surface area contributed by atoms with Gasteiger partial charge in [0.2, 0.25) is 0 Å². The smallest absolute Gasteiger partial charge is 0.0722 e. The van der Waals surface area contributed by atoms with Gasteiger partial charge in [-0.15, -0.1) is 0 Å². The molecule has 1 atom stereocenters. The van der Waals surface area contributed by atoms with E-state index in [1.807, 2.05) is 0 Å². The summed E-state index contributed by atoms with van der Waals surface area (Å²) in [7, 11) is 0. The number of anilines is 3. The molecule has 8 aromatic rings. The molecule has 1 spiro atoms. The van der Waals surface area contributed by atoms with Crippen LogP contribution < -0.4 is 4.90 Å². The van der Waals surface area contributed by atoms with Crippen molar-refractivity contribution in [3.63, 3.8) is 0 Å². The lowest BCUT2D eigenvalue weighted by atomic mass is 9.69. The summed E-state index contributed by atoms with van der Waals surface area (Å²) in [5.74, 6) is 0. The van der Waals surface area contributed by atoms with Crippen molar-refractivity contribution < 1.29 is 0 Å². The van der Waals surface area contributed by atoms with Crippen molar-refractivity contribution in [2.24, 2.45) is 0 Å². The second kappa shape index (κ2) is 13.3. The van der Waals surface area contributed by atoms with Crippen molar-refractivity contribution in [3.05, 3.63) is 239 Å². The molecular weight excluding hydrogens is 711 g/mol. The molecule has 11 rings (SSSR count). The molecule has 0 aromatic heterocycles. The highest BCUT2D eigenvalue weighted by Gasteiger charge is 2.52. The van der Waals surface area contributed by atoms with Gasteiger partial charge in [0.1, 0.15) is 0 Å². The van der Waals surface area contributed by atoms with E-state index >= 15 is 0 Å². The van der Waals surface area contributed by atoms with E-state index in [9.17, 15) is 0 Å². The molecule has 0 saturated heterocycles. The van der Waals surface area contributed by atoms with Crippen LogP contribution >= 0.6 is 0 Å². The lowest BCUT2D eigenvalue weighted by Gasteiger charge is -2.33. The number of rotatable bonds is 6. The summed E-state index contributed by atoms with van der Waals surface area (Å²) in [5, 5.41) is 0. The summed E-state index contributed by atoms with van der Waals surface area (Å²) in [6.07, 6.45) is 4.59. The Morgan fingerprint density at radius 2 is 1.02 bits per heavy atom. The first-order chi connectivity index (χ1) is 28.9. The van der Waals surface area contributed by atoms with Gasteiger partial charge in [0.25, 0.3) is 0 Å². The zero-order chi connectivity index (χ0) is 39.9. The molecule has 0 bridgehead atoms. The fourth-order valence-electron chi connectivity index (χ4n) is 10.8. The Balaban J connectivity index is 1.25. The van der Waals surface area contributed by atoms with E-state index < -0.39 is 5.41 Å². The predicted octanol–water partition coefficient (Wildman–Crippen LogP) is 15.5. The third-order valence-corrected chi connectivity index (χ3v) is 13.4. The third-order valence-electron chi connectivity index (χ3n) is 13.4. The van der Waals surface area contributed by atoms with Gasteiger partial charge in [0.15, 0.2) is 0 Å². The first kappa shape index (κ1) is 35.2. The second-order valence-corrected chi connectivity index (χ2v) is 16.8. The zero-order valence-electron chi connectivity index (χ0n) is 34.0. The van der Waals surface area contributed by atoms with Gasteiger partial charge in [-0.05, 0) is 122 Å². The summed E-state index contributed by atoms with van der Waals surface area (Å²) in [5.41, 5.74) is 23.6. The largest absolute Gasteiger partial charge is 0.309 e. The number of allylic oxidation sites excluding steroid dienone is 4. The van der Waals surface area contributed by atoms with Gasteiger partial charge in [-0.1, -0.05) is 184 Å². The Hall–Kier alpha value is -6.96. The van der Waals surface area contributed by atoms with Crippen LogP contribution in [0.25, 0.3) is 50.1 Å². The van der Waals surface area contributed by atoms with E-state index in [2.05, 4.69) is 233 Å². The molecule has 0 radical (unpaired) electrons. The SMILES string of the molecule is C/C=C\C1=C(C)c2ccccc2C12c1ccc(-c3ccccc3)cc1-c1c(N(c3ccc4c(c3)C(C)(C)c3ccccc3-4)c3ccccc3-c3ccccc3)cccc12. The van der Waals surface area contributed by atoms with Crippen LogP contribution in [0, 0.1) is 0 Å². The highest BCUT2D eigenvalue weighted by atomic mass is 15.1. The Morgan fingerprint density at radius 1 is 0.424 bits per heavy atom. The third kappa shape index (κ3) is 4.98. The Bertz CT molecular complexity index is 3040. The molecule has 3 aliphatic carbocycles. The maximum absolute atomic E-state index is 2.56. The highest BCUT2D eigenvalue weighted by molar-refractivity contribution is 6.03. The first-order valence-electron chi connectivity index (χ1n) is 20.9. The summed E-state index contributed by atoms with van der Waals surface area (Å²) in [6.45, 7) is 9.22. The van der Waals surface area contributed by atoms with Crippen LogP contribution in [0.3, 0.4) is 0 Å². The van der Waals surface area contributed by atoms with Crippen molar-refractivity contribution in [3.8, 4) is 44.5 Å². The van der Waals surface area contributed by atoms with E-state index in [0.29, 0.717) is 0 Å². The molecule has 3 aliphatic rings. The lowest BCUT2D eigenvalue weighted by molar-refractivity contribution is 0.660. The topological polar surface area (TPSA) is 3.24 Å². The minimum Gasteiger partial charge on any atom is -0.309 e. The summed E-state index contributed by atoms with van der Waals surface area (Å²) >= 11 is 0. The quantitative estimate of drug-likeness (QED) is 0.163. The van der Waals surface area contributed by atoms with Gasteiger partial charge in [0.05, 0.1) is 16.8 Å². The molecule has 0 fully saturated rings. The average Bonchev–Trinajstić information content (AvgIpc) is 3.82. The molecule has 282 valence electrons. The molecule has 0 aliphatic heterocycles. The Kier molecular flexibility index (Phi) is 7.94. The first-order valence-corrected chi connectivity index (χ1v) is 20.9. The Morgan fingerprint density at radius 3 is 1.78 bits per heavy atom. The number of benzene rings is 8.